The molecule has 8 nitrogen and oxygen atoms in total. The fourth-order valence-corrected chi connectivity index (χ4v) is 4.09. The quantitative estimate of drug-likeness (QED) is 0.547. The number of amides is 4. The third kappa shape index (κ3) is 4.47. The molecular formula is C22H29N3O5. The first-order valence-corrected chi connectivity index (χ1v) is 10.4. The van der Waals surface area contributed by atoms with E-state index < -0.39 is 36.1 Å². The molecule has 0 aromatic heterocycles. The van der Waals surface area contributed by atoms with Crippen molar-refractivity contribution < 1.29 is 23.9 Å². The minimum atomic E-state index is -1.04. The van der Waals surface area contributed by atoms with E-state index in [2.05, 4.69) is 10.6 Å². The van der Waals surface area contributed by atoms with Gasteiger partial charge in [-0.2, -0.15) is 0 Å². The van der Waals surface area contributed by atoms with Gasteiger partial charge in [0.1, 0.15) is 12.1 Å². The highest BCUT2D eigenvalue weighted by Crippen LogP contribution is 2.38. The molecule has 1 aromatic carbocycles. The van der Waals surface area contributed by atoms with Crippen LogP contribution in [0.2, 0.25) is 0 Å². The molecule has 1 spiro atoms. The number of hydrogen-bond donors (Lipinski definition) is 2. The second-order valence-corrected chi connectivity index (χ2v) is 8.28. The van der Waals surface area contributed by atoms with E-state index in [0.29, 0.717) is 13.0 Å². The zero-order valence-electron chi connectivity index (χ0n) is 17.7. The summed E-state index contributed by atoms with van der Waals surface area (Å²) in [5.74, 6) is -1.61. The molecule has 1 aliphatic carbocycles. The van der Waals surface area contributed by atoms with Gasteiger partial charge in [0.25, 0.3) is 11.8 Å². The predicted octanol–water partition coefficient (Wildman–Crippen LogP) is 2.04. The van der Waals surface area contributed by atoms with Gasteiger partial charge < -0.3 is 15.4 Å². The summed E-state index contributed by atoms with van der Waals surface area (Å²) in [7, 11) is 0. The monoisotopic (exact) mass is 415 g/mol. The van der Waals surface area contributed by atoms with E-state index in [4.69, 9.17) is 4.74 Å². The minimum Gasteiger partial charge on any atom is -0.451 e. The number of esters is 1. The Kier molecular flexibility index (Phi) is 6.43. The van der Waals surface area contributed by atoms with Gasteiger partial charge in [-0.25, -0.2) is 4.79 Å². The van der Waals surface area contributed by atoms with Crippen LogP contribution in [0.3, 0.4) is 0 Å². The number of nitrogens with one attached hydrogen (secondary N) is 2. The normalized spacial score (nSPS) is 24.5. The first kappa shape index (κ1) is 21.8. The summed E-state index contributed by atoms with van der Waals surface area (Å²) in [5.41, 5.74) is 1.13. The van der Waals surface area contributed by atoms with Gasteiger partial charge in [-0.3, -0.25) is 19.3 Å². The number of hydrogen-bond acceptors (Lipinski definition) is 5. The molecule has 0 unspecified atom stereocenters. The Morgan fingerprint density at radius 2 is 1.97 bits per heavy atom. The maximum absolute atomic E-state index is 12.9. The molecule has 2 fully saturated rings. The van der Waals surface area contributed by atoms with Gasteiger partial charge in [-0.05, 0) is 38.2 Å². The smallest absolute Gasteiger partial charge is 0.327 e. The Balaban J connectivity index is 1.51. The number of benzene rings is 1. The van der Waals surface area contributed by atoms with E-state index in [1.807, 2.05) is 38.1 Å². The SMILES string of the molecule is Cc1ccc(CNC(=O)[C@H](C)OC(=O)CN2C(=O)N[C@]3(CCCC[C@@H]3C)C2=O)cc1. The van der Waals surface area contributed by atoms with Crippen molar-refractivity contribution in [1.82, 2.24) is 15.5 Å². The molecule has 2 aliphatic rings. The Morgan fingerprint density at radius 1 is 1.27 bits per heavy atom. The molecule has 1 aliphatic heterocycles. The van der Waals surface area contributed by atoms with Crippen LogP contribution >= 0.6 is 0 Å². The number of urea groups is 1. The maximum Gasteiger partial charge on any atom is 0.327 e. The van der Waals surface area contributed by atoms with Gasteiger partial charge in [0.2, 0.25) is 0 Å². The number of carbonyl (C=O) groups is 4. The van der Waals surface area contributed by atoms with Crippen LogP contribution in [0.25, 0.3) is 0 Å². The van der Waals surface area contributed by atoms with Crippen molar-refractivity contribution in [2.45, 2.75) is 64.6 Å². The number of carbonyl (C=O) groups excluding carboxylic acids is 4. The first-order valence-electron chi connectivity index (χ1n) is 10.4. The minimum absolute atomic E-state index is 0.00944. The van der Waals surface area contributed by atoms with Crippen molar-refractivity contribution in [2.24, 2.45) is 5.92 Å². The van der Waals surface area contributed by atoms with Crippen molar-refractivity contribution in [1.29, 1.82) is 0 Å². The summed E-state index contributed by atoms with van der Waals surface area (Å²) in [5, 5.41) is 5.50. The Labute approximate surface area is 176 Å². The molecule has 8 heteroatoms. The highest BCUT2D eigenvalue weighted by Gasteiger charge is 2.55. The van der Waals surface area contributed by atoms with Crippen LogP contribution in [0.5, 0.6) is 0 Å². The zero-order valence-corrected chi connectivity index (χ0v) is 17.7. The van der Waals surface area contributed by atoms with Crippen molar-refractivity contribution in [3.63, 3.8) is 0 Å². The van der Waals surface area contributed by atoms with E-state index in [1.54, 1.807) is 0 Å². The molecule has 4 amide bonds. The number of imide groups is 1. The van der Waals surface area contributed by atoms with E-state index in [9.17, 15) is 19.2 Å². The predicted molar refractivity (Wildman–Crippen MR) is 109 cm³/mol. The van der Waals surface area contributed by atoms with E-state index in [0.717, 1.165) is 35.3 Å². The zero-order chi connectivity index (χ0) is 21.9. The molecular weight excluding hydrogens is 386 g/mol. The number of aryl methyl sites for hydroxylation is 1. The van der Waals surface area contributed by atoms with Crippen LogP contribution in [0.1, 0.15) is 50.7 Å². The van der Waals surface area contributed by atoms with E-state index in [1.165, 1.54) is 6.92 Å². The Morgan fingerprint density at radius 3 is 2.63 bits per heavy atom. The summed E-state index contributed by atoms with van der Waals surface area (Å²) in [6.07, 6.45) is 2.26. The lowest BCUT2D eigenvalue weighted by atomic mass is 9.73. The summed E-state index contributed by atoms with van der Waals surface area (Å²) < 4.78 is 5.16. The fourth-order valence-electron chi connectivity index (χ4n) is 4.09. The number of nitrogens with zero attached hydrogens (tertiary/aromatic N) is 1. The van der Waals surface area contributed by atoms with Gasteiger partial charge in [-0.1, -0.05) is 49.6 Å². The van der Waals surface area contributed by atoms with Gasteiger partial charge in [0.15, 0.2) is 6.10 Å². The molecule has 3 rings (SSSR count). The molecule has 0 bridgehead atoms. The lowest BCUT2D eigenvalue weighted by Gasteiger charge is -2.36. The molecule has 3 atom stereocenters. The first-order chi connectivity index (χ1) is 14.2. The summed E-state index contributed by atoms with van der Waals surface area (Å²) in [6.45, 7) is 5.19. The van der Waals surface area contributed by atoms with Crippen LogP contribution in [0.15, 0.2) is 24.3 Å². The maximum atomic E-state index is 12.9. The molecule has 1 saturated heterocycles. The van der Waals surface area contributed by atoms with Crippen LogP contribution in [0.4, 0.5) is 4.79 Å². The lowest BCUT2D eigenvalue weighted by molar-refractivity contribution is -0.157. The van der Waals surface area contributed by atoms with E-state index >= 15 is 0 Å². The van der Waals surface area contributed by atoms with Crippen LogP contribution in [-0.2, 0) is 25.7 Å². The van der Waals surface area contributed by atoms with E-state index in [-0.39, 0.29) is 11.8 Å². The summed E-state index contributed by atoms with van der Waals surface area (Å²) in [4.78, 5) is 50.7. The number of rotatable bonds is 6. The van der Waals surface area contributed by atoms with Crippen LogP contribution in [-0.4, -0.2) is 46.9 Å². The van der Waals surface area contributed by atoms with Crippen LogP contribution in [0, 0.1) is 12.8 Å². The van der Waals surface area contributed by atoms with Crippen molar-refractivity contribution in [3.8, 4) is 0 Å². The van der Waals surface area contributed by atoms with Gasteiger partial charge in [-0.15, -0.1) is 0 Å². The average Bonchev–Trinajstić information content (AvgIpc) is 2.94. The van der Waals surface area contributed by atoms with Crippen molar-refractivity contribution in [3.05, 3.63) is 35.4 Å². The lowest BCUT2D eigenvalue weighted by Crippen LogP contribution is -2.54. The highest BCUT2D eigenvalue weighted by molar-refractivity contribution is 6.09. The summed E-state index contributed by atoms with van der Waals surface area (Å²) >= 11 is 0. The molecule has 2 N–H and O–H groups in total. The third-order valence-electron chi connectivity index (χ3n) is 6.05. The van der Waals surface area contributed by atoms with Gasteiger partial charge >= 0.3 is 12.0 Å². The topological polar surface area (TPSA) is 105 Å². The molecule has 30 heavy (non-hydrogen) atoms. The third-order valence-corrected chi connectivity index (χ3v) is 6.05. The molecule has 1 heterocycles. The summed E-state index contributed by atoms with van der Waals surface area (Å²) in [6, 6.07) is 7.13. The Bertz CT molecular complexity index is 838. The molecule has 1 aromatic rings. The number of ether oxygens (including phenoxy) is 1. The molecule has 1 saturated carbocycles. The second-order valence-electron chi connectivity index (χ2n) is 8.28. The van der Waals surface area contributed by atoms with Crippen molar-refractivity contribution >= 4 is 23.8 Å². The average molecular weight is 415 g/mol. The van der Waals surface area contributed by atoms with Gasteiger partial charge in [0.05, 0.1) is 0 Å². The second kappa shape index (κ2) is 8.85. The fraction of sp³-hybridized carbons (Fsp3) is 0.545. The standard InChI is InChI=1S/C22H29N3O5/c1-14-7-9-17(10-8-14)12-23-19(27)16(3)30-18(26)13-25-20(28)22(24-21(25)29)11-5-4-6-15(22)2/h7-10,15-16H,4-6,11-13H2,1-3H3,(H,23,27)(H,24,29)/t15-,16-,22-/m0/s1. The van der Waals surface area contributed by atoms with Gasteiger partial charge in [0, 0.05) is 6.54 Å². The highest BCUT2D eigenvalue weighted by atomic mass is 16.5. The Hall–Kier alpha value is -2.90. The molecule has 162 valence electrons. The van der Waals surface area contributed by atoms with Crippen molar-refractivity contribution in [2.75, 3.05) is 6.54 Å². The molecule has 0 radical (unpaired) electrons. The van der Waals surface area contributed by atoms with Crippen LogP contribution < -0.4 is 10.6 Å². The largest absolute Gasteiger partial charge is 0.451 e.